The minimum atomic E-state index is -3.75. The summed E-state index contributed by atoms with van der Waals surface area (Å²) in [6, 6.07) is 17.6. The first kappa shape index (κ1) is 22.4. The van der Waals surface area contributed by atoms with Gasteiger partial charge in [0.25, 0.3) is 10.0 Å². The van der Waals surface area contributed by atoms with E-state index in [-0.39, 0.29) is 23.7 Å². The van der Waals surface area contributed by atoms with Crippen LogP contribution in [0.2, 0.25) is 0 Å². The number of nitrogens with one attached hydrogen (secondary N) is 1. The Morgan fingerprint density at radius 2 is 1.79 bits per heavy atom. The summed E-state index contributed by atoms with van der Waals surface area (Å²) in [7, 11) is -3.75. The smallest absolute Gasteiger partial charge is 0.261 e. The predicted octanol–water partition coefficient (Wildman–Crippen LogP) is 5.49. The van der Waals surface area contributed by atoms with Gasteiger partial charge in [0.05, 0.1) is 17.2 Å². The highest BCUT2D eigenvalue weighted by Gasteiger charge is 2.36. The van der Waals surface area contributed by atoms with Gasteiger partial charge >= 0.3 is 0 Å². The summed E-state index contributed by atoms with van der Waals surface area (Å²) in [5.41, 5.74) is 2.27. The number of rotatable bonds is 7. The molecule has 0 bridgehead atoms. The van der Waals surface area contributed by atoms with Crippen LogP contribution in [-0.2, 0) is 10.0 Å². The Balaban J connectivity index is 1.50. The fourth-order valence-corrected chi connectivity index (χ4v) is 5.22. The van der Waals surface area contributed by atoms with Crippen molar-refractivity contribution in [2.45, 2.75) is 37.7 Å². The molecule has 3 aromatic rings. The molecule has 0 saturated carbocycles. The van der Waals surface area contributed by atoms with E-state index in [2.05, 4.69) is 25.5 Å². The molecule has 0 aromatic heterocycles. The SMILES string of the molecule is CC(C)COc1cc(NS(=O)(=O)c2ccccc2)cc2c1O[C@H](c1ccc3c(c1)OCO3)[C@H]2C. The standard InChI is InChI=1S/C26H27NO6S/c1-16(2)14-30-24-13-19(27-34(28,29)20-7-5-4-6-8-20)12-21-17(3)25(33-26(21)24)18-9-10-22-23(11-18)32-15-31-22/h4-13,16-17,25,27H,14-15H2,1-3H3/t17-,25-/m0/s1. The lowest BCUT2D eigenvalue weighted by atomic mass is 9.92. The summed E-state index contributed by atoms with van der Waals surface area (Å²) in [5, 5.41) is 0. The van der Waals surface area contributed by atoms with E-state index in [0.717, 1.165) is 11.1 Å². The van der Waals surface area contributed by atoms with Gasteiger partial charge in [0.1, 0.15) is 6.10 Å². The summed E-state index contributed by atoms with van der Waals surface area (Å²) in [5.74, 6) is 2.81. The van der Waals surface area contributed by atoms with Gasteiger partial charge in [0.2, 0.25) is 6.79 Å². The van der Waals surface area contributed by atoms with Crippen LogP contribution in [-0.4, -0.2) is 21.8 Å². The molecule has 3 aromatic carbocycles. The molecule has 0 saturated heterocycles. The molecule has 34 heavy (non-hydrogen) atoms. The molecule has 8 heteroatoms. The minimum Gasteiger partial charge on any atom is -0.489 e. The van der Waals surface area contributed by atoms with Crippen LogP contribution in [0.15, 0.2) is 65.6 Å². The van der Waals surface area contributed by atoms with E-state index in [1.807, 2.05) is 24.3 Å². The molecule has 1 N–H and O–H groups in total. The van der Waals surface area contributed by atoms with Crippen molar-refractivity contribution < 1.29 is 27.4 Å². The molecule has 0 unspecified atom stereocenters. The summed E-state index contributed by atoms with van der Waals surface area (Å²) < 4.78 is 52.0. The van der Waals surface area contributed by atoms with E-state index in [4.69, 9.17) is 18.9 Å². The number of ether oxygens (including phenoxy) is 4. The molecule has 2 atom stereocenters. The Bertz CT molecular complexity index is 1310. The van der Waals surface area contributed by atoms with Crippen LogP contribution in [0.3, 0.4) is 0 Å². The number of hydrogen-bond acceptors (Lipinski definition) is 6. The molecule has 2 heterocycles. The Morgan fingerprint density at radius 1 is 1.03 bits per heavy atom. The van der Waals surface area contributed by atoms with E-state index in [0.29, 0.717) is 41.2 Å². The maximum atomic E-state index is 12.9. The Kier molecular flexibility index (Phi) is 5.77. The van der Waals surface area contributed by atoms with Crippen LogP contribution in [0, 0.1) is 5.92 Å². The third-order valence-electron chi connectivity index (χ3n) is 5.88. The summed E-state index contributed by atoms with van der Waals surface area (Å²) in [6.45, 7) is 6.86. The van der Waals surface area contributed by atoms with E-state index in [9.17, 15) is 8.42 Å². The average Bonchev–Trinajstić information content (AvgIpc) is 3.42. The van der Waals surface area contributed by atoms with Gasteiger partial charge in [0, 0.05) is 17.5 Å². The zero-order valence-corrected chi connectivity index (χ0v) is 20.1. The van der Waals surface area contributed by atoms with Crippen molar-refractivity contribution in [1.29, 1.82) is 0 Å². The van der Waals surface area contributed by atoms with Crippen molar-refractivity contribution >= 4 is 15.7 Å². The molecule has 2 aliphatic rings. The molecular weight excluding hydrogens is 454 g/mol. The lowest BCUT2D eigenvalue weighted by Crippen LogP contribution is -2.13. The number of hydrogen-bond donors (Lipinski definition) is 1. The first-order valence-electron chi connectivity index (χ1n) is 11.3. The third kappa shape index (κ3) is 4.25. The monoisotopic (exact) mass is 481 g/mol. The van der Waals surface area contributed by atoms with Gasteiger partial charge in [-0.3, -0.25) is 4.72 Å². The van der Waals surface area contributed by atoms with Crippen molar-refractivity contribution in [3.63, 3.8) is 0 Å². The predicted molar refractivity (Wildman–Crippen MR) is 128 cm³/mol. The molecule has 0 amide bonds. The molecule has 0 fully saturated rings. The molecule has 178 valence electrons. The van der Waals surface area contributed by atoms with Gasteiger partial charge in [0.15, 0.2) is 23.0 Å². The molecule has 5 rings (SSSR count). The van der Waals surface area contributed by atoms with E-state index >= 15 is 0 Å². The number of fused-ring (bicyclic) bond motifs is 2. The van der Waals surface area contributed by atoms with Crippen LogP contribution >= 0.6 is 0 Å². The normalized spacial score (nSPS) is 18.5. The molecule has 2 aliphatic heterocycles. The van der Waals surface area contributed by atoms with Gasteiger partial charge in [-0.05, 0) is 41.8 Å². The minimum absolute atomic E-state index is 0.0436. The molecule has 0 aliphatic carbocycles. The fraction of sp³-hybridized carbons (Fsp3) is 0.308. The average molecular weight is 482 g/mol. The number of benzene rings is 3. The topological polar surface area (TPSA) is 83.1 Å². The summed E-state index contributed by atoms with van der Waals surface area (Å²) in [4.78, 5) is 0.197. The van der Waals surface area contributed by atoms with Gasteiger partial charge in [-0.2, -0.15) is 0 Å². The maximum Gasteiger partial charge on any atom is 0.261 e. The van der Waals surface area contributed by atoms with Gasteiger partial charge in [-0.1, -0.05) is 45.0 Å². The van der Waals surface area contributed by atoms with Crippen LogP contribution in [0.4, 0.5) is 5.69 Å². The second kappa shape index (κ2) is 8.76. The lowest BCUT2D eigenvalue weighted by molar-refractivity contribution is 0.173. The molecule has 0 spiro atoms. The molecule has 7 nitrogen and oxygen atoms in total. The van der Waals surface area contributed by atoms with Crippen LogP contribution in [0.5, 0.6) is 23.0 Å². The second-order valence-electron chi connectivity index (χ2n) is 8.96. The Labute approximate surface area is 199 Å². The third-order valence-corrected chi connectivity index (χ3v) is 7.27. The summed E-state index contributed by atoms with van der Waals surface area (Å²) in [6.07, 6.45) is -0.271. The van der Waals surface area contributed by atoms with E-state index in [1.54, 1.807) is 36.4 Å². The number of sulfonamides is 1. The number of anilines is 1. The first-order valence-corrected chi connectivity index (χ1v) is 12.7. The zero-order chi connectivity index (χ0) is 23.9. The van der Waals surface area contributed by atoms with E-state index < -0.39 is 10.0 Å². The van der Waals surface area contributed by atoms with Crippen LogP contribution in [0.25, 0.3) is 0 Å². The first-order chi connectivity index (χ1) is 16.3. The van der Waals surface area contributed by atoms with Crippen molar-refractivity contribution in [3.8, 4) is 23.0 Å². The quantitative estimate of drug-likeness (QED) is 0.481. The Morgan fingerprint density at radius 3 is 2.56 bits per heavy atom. The van der Waals surface area contributed by atoms with Crippen molar-refractivity contribution in [2.75, 3.05) is 18.1 Å². The lowest BCUT2D eigenvalue weighted by Gasteiger charge is -2.17. The summed E-state index contributed by atoms with van der Waals surface area (Å²) >= 11 is 0. The van der Waals surface area contributed by atoms with Gasteiger partial charge in [-0.15, -0.1) is 0 Å². The fourth-order valence-electron chi connectivity index (χ4n) is 4.16. The van der Waals surface area contributed by atoms with Gasteiger partial charge < -0.3 is 18.9 Å². The maximum absolute atomic E-state index is 12.9. The Hall–Kier alpha value is -3.39. The second-order valence-corrected chi connectivity index (χ2v) is 10.6. The van der Waals surface area contributed by atoms with Crippen molar-refractivity contribution in [3.05, 3.63) is 71.8 Å². The van der Waals surface area contributed by atoms with Crippen molar-refractivity contribution in [2.24, 2.45) is 5.92 Å². The zero-order valence-electron chi connectivity index (χ0n) is 19.3. The highest BCUT2D eigenvalue weighted by atomic mass is 32.2. The van der Waals surface area contributed by atoms with Crippen molar-refractivity contribution in [1.82, 2.24) is 0 Å². The van der Waals surface area contributed by atoms with Crippen LogP contribution < -0.4 is 23.7 Å². The van der Waals surface area contributed by atoms with E-state index in [1.165, 1.54) is 0 Å². The van der Waals surface area contributed by atoms with Gasteiger partial charge in [-0.25, -0.2) is 8.42 Å². The molecule has 0 radical (unpaired) electrons. The van der Waals surface area contributed by atoms with Crippen LogP contribution in [0.1, 0.15) is 43.9 Å². The molecular formula is C26H27NO6S. The highest BCUT2D eigenvalue weighted by Crippen LogP contribution is 2.52. The largest absolute Gasteiger partial charge is 0.489 e. The highest BCUT2D eigenvalue weighted by molar-refractivity contribution is 7.92.